The summed E-state index contributed by atoms with van der Waals surface area (Å²) < 4.78 is 11.1. The highest BCUT2D eigenvalue weighted by atomic mass is 16.5. The van der Waals surface area contributed by atoms with Crippen molar-refractivity contribution in [2.24, 2.45) is 5.92 Å². The Bertz CT molecular complexity index is 694. The van der Waals surface area contributed by atoms with Crippen molar-refractivity contribution in [1.29, 1.82) is 0 Å². The smallest absolute Gasteiger partial charge is 0.305 e. The summed E-state index contributed by atoms with van der Waals surface area (Å²) in [6.07, 6.45) is 35.5. The van der Waals surface area contributed by atoms with Gasteiger partial charge in [0.1, 0.15) is 0 Å². The van der Waals surface area contributed by atoms with Crippen LogP contribution in [0.15, 0.2) is 0 Å². The standard InChI is InChI=1S/C44H88N2O4.C2H6.2CH4/c1-5-9-12-13-14-15-16-20-28-40-49-43(47)34-25-21-27-38-46(39-36-45-35-8-4)37-26-19-17-18-24-33-44(48)50-41-29-32-42(30-22-10-6-2)31-23-11-7-3;1-2;;/h42,45H,5-41H2,1-4H3;1-2H3;2*1H4. The van der Waals surface area contributed by atoms with E-state index in [0.29, 0.717) is 26.1 Å². The summed E-state index contributed by atoms with van der Waals surface area (Å²) in [5.41, 5.74) is 0. The average molecular weight is 771 g/mol. The van der Waals surface area contributed by atoms with E-state index in [0.717, 1.165) is 83.6 Å². The quantitative estimate of drug-likeness (QED) is 0.0493. The molecule has 6 heteroatoms. The molecule has 328 valence electrons. The molecule has 0 atom stereocenters. The van der Waals surface area contributed by atoms with E-state index in [9.17, 15) is 9.59 Å². The van der Waals surface area contributed by atoms with Crippen LogP contribution >= 0.6 is 0 Å². The molecule has 0 saturated carbocycles. The summed E-state index contributed by atoms with van der Waals surface area (Å²) in [4.78, 5) is 27.0. The maximum atomic E-state index is 12.3. The SMILES string of the molecule is C.C.CC.CCCCCCCCCCCOC(=O)CCCCCN(CCCCCCCC(=O)OCCCC(CCCCC)CCCCC)CCNCCC. The fourth-order valence-corrected chi connectivity index (χ4v) is 6.89. The molecule has 0 unspecified atom stereocenters. The van der Waals surface area contributed by atoms with Crippen LogP contribution in [-0.4, -0.2) is 62.8 Å². The number of nitrogens with one attached hydrogen (secondary N) is 1. The van der Waals surface area contributed by atoms with Gasteiger partial charge in [-0.05, 0) is 76.9 Å². The molecule has 0 amide bonds. The molecule has 6 nitrogen and oxygen atoms in total. The highest BCUT2D eigenvalue weighted by Gasteiger charge is 2.10. The van der Waals surface area contributed by atoms with E-state index < -0.39 is 0 Å². The first-order valence-corrected chi connectivity index (χ1v) is 23.3. The van der Waals surface area contributed by atoms with Gasteiger partial charge < -0.3 is 19.7 Å². The zero-order valence-corrected chi connectivity index (χ0v) is 36.3. The maximum Gasteiger partial charge on any atom is 0.305 e. The van der Waals surface area contributed by atoms with Gasteiger partial charge in [0, 0.05) is 25.9 Å². The number of carbonyl (C=O) groups excluding carboxylic acids is 2. The van der Waals surface area contributed by atoms with E-state index in [4.69, 9.17) is 9.47 Å². The van der Waals surface area contributed by atoms with Crippen molar-refractivity contribution < 1.29 is 19.1 Å². The van der Waals surface area contributed by atoms with Crippen LogP contribution in [0.5, 0.6) is 0 Å². The molecule has 0 aliphatic heterocycles. The lowest BCUT2D eigenvalue weighted by molar-refractivity contribution is -0.144. The number of carbonyl (C=O) groups is 2. The topological polar surface area (TPSA) is 67.9 Å². The highest BCUT2D eigenvalue weighted by molar-refractivity contribution is 5.69. The van der Waals surface area contributed by atoms with Crippen molar-refractivity contribution in [3.63, 3.8) is 0 Å². The van der Waals surface area contributed by atoms with E-state index in [1.807, 2.05) is 13.8 Å². The van der Waals surface area contributed by atoms with E-state index >= 15 is 0 Å². The lowest BCUT2D eigenvalue weighted by atomic mass is 9.91. The Labute approximate surface area is 341 Å². The Hall–Kier alpha value is -1.14. The summed E-state index contributed by atoms with van der Waals surface area (Å²) in [6.45, 7) is 19.7. The zero-order valence-electron chi connectivity index (χ0n) is 36.3. The van der Waals surface area contributed by atoms with Gasteiger partial charge in [-0.15, -0.1) is 0 Å². The van der Waals surface area contributed by atoms with Crippen molar-refractivity contribution in [2.45, 2.75) is 249 Å². The fraction of sp³-hybridized carbons (Fsp3) is 0.958. The zero-order chi connectivity index (χ0) is 38.6. The minimum atomic E-state index is -0.0158. The number of hydrogen-bond donors (Lipinski definition) is 1. The first kappa shape index (κ1) is 59.6. The number of ether oxygens (including phenoxy) is 2. The highest BCUT2D eigenvalue weighted by Crippen LogP contribution is 2.22. The molecule has 54 heavy (non-hydrogen) atoms. The van der Waals surface area contributed by atoms with Gasteiger partial charge in [-0.1, -0.05) is 185 Å². The second-order valence-corrected chi connectivity index (χ2v) is 15.2. The number of unbranched alkanes of at least 4 members (excludes halogenated alkanes) is 18. The Morgan fingerprint density at radius 1 is 0.444 bits per heavy atom. The fourth-order valence-electron chi connectivity index (χ4n) is 6.89. The van der Waals surface area contributed by atoms with E-state index in [1.54, 1.807) is 0 Å². The van der Waals surface area contributed by atoms with Gasteiger partial charge in [0.2, 0.25) is 0 Å². The van der Waals surface area contributed by atoms with E-state index in [-0.39, 0.29) is 26.8 Å². The van der Waals surface area contributed by atoms with Crippen molar-refractivity contribution >= 4 is 11.9 Å². The molecule has 0 bridgehead atoms. The van der Waals surface area contributed by atoms with E-state index in [2.05, 4.69) is 37.9 Å². The van der Waals surface area contributed by atoms with Crippen LogP contribution in [-0.2, 0) is 19.1 Å². The molecule has 0 aromatic carbocycles. The summed E-state index contributed by atoms with van der Waals surface area (Å²) in [7, 11) is 0. The van der Waals surface area contributed by atoms with Crippen LogP contribution in [0.25, 0.3) is 0 Å². The first-order chi connectivity index (χ1) is 25.6. The number of nitrogens with zero attached hydrogens (tertiary/aromatic N) is 1. The average Bonchev–Trinajstić information content (AvgIpc) is 3.15. The lowest BCUT2D eigenvalue weighted by Crippen LogP contribution is -2.34. The van der Waals surface area contributed by atoms with Crippen LogP contribution in [0.3, 0.4) is 0 Å². The monoisotopic (exact) mass is 771 g/mol. The molecule has 0 fully saturated rings. The normalized spacial score (nSPS) is 10.8. The van der Waals surface area contributed by atoms with Crippen LogP contribution in [0.1, 0.15) is 249 Å². The van der Waals surface area contributed by atoms with Crippen LogP contribution < -0.4 is 5.32 Å². The predicted molar refractivity (Wildman–Crippen MR) is 241 cm³/mol. The van der Waals surface area contributed by atoms with Gasteiger partial charge in [-0.25, -0.2) is 0 Å². The lowest BCUT2D eigenvalue weighted by Gasteiger charge is -2.22. The van der Waals surface area contributed by atoms with E-state index in [1.165, 1.54) is 135 Å². The number of esters is 2. The summed E-state index contributed by atoms with van der Waals surface area (Å²) >= 11 is 0. The molecule has 0 saturated heterocycles. The third-order valence-corrected chi connectivity index (χ3v) is 10.2. The molecule has 0 radical (unpaired) electrons. The van der Waals surface area contributed by atoms with Crippen LogP contribution in [0, 0.1) is 5.92 Å². The van der Waals surface area contributed by atoms with Gasteiger partial charge in [-0.3, -0.25) is 9.59 Å². The molecule has 0 heterocycles. The van der Waals surface area contributed by atoms with Crippen molar-refractivity contribution in [3.05, 3.63) is 0 Å². The van der Waals surface area contributed by atoms with Crippen molar-refractivity contribution in [2.75, 3.05) is 45.9 Å². The Kier molecular flexibility index (Phi) is 57.2. The van der Waals surface area contributed by atoms with Crippen molar-refractivity contribution in [3.8, 4) is 0 Å². The predicted octanol–water partition coefficient (Wildman–Crippen LogP) is 14.7. The van der Waals surface area contributed by atoms with Crippen LogP contribution in [0.2, 0.25) is 0 Å². The molecule has 0 spiro atoms. The molecular formula is C48H102N2O4. The molecule has 0 aromatic heterocycles. The summed E-state index contributed by atoms with van der Waals surface area (Å²) in [6, 6.07) is 0. The summed E-state index contributed by atoms with van der Waals surface area (Å²) in [5.74, 6) is 0.791. The second kappa shape index (κ2) is 51.9. The van der Waals surface area contributed by atoms with Gasteiger partial charge in [0.05, 0.1) is 13.2 Å². The van der Waals surface area contributed by atoms with Crippen molar-refractivity contribution in [1.82, 2.24) is 10.2 Å². The molecular weight excluding hydrogens is 669 g/mol. The molecule has 0 aromatic rings. The molecule has 0 aliphatic rings. The van der Waals surface area contributed by atoms with Gasteiger partial charge in [-0.2, -0.15) is 0 Å². The molecule has 0 rings (SSSR count). The van der Waals surface area contributed by atoms with Crippen LogP contribution in [0.4, 0.5) is 0 Å². The molecule has 1 N–H and O–H groups in total. The largest absolute Gasteiger partial charge is 0.466 e. The van der Waals surface area contributed by atoms with Gasteiger partial charge in [0.25, 0.3) is 0 Å². The minimum absolute atomic E-state index is 0. The Morgan fingerprint density at radius 2 is 0.833 bits per heavy atom. The third kappa shape index (κ3) is 47.0. The molecule has 0 aliphatic carbocycles. The third-order valence-electron chi connectivity index (χ3n) is 10.2. The van der Waals surface area contributed by atoms with Gasteiger partial charge >= 0.3 is 11.9 Å². The number of rotatable bonds is 41. The van der Waals surface area contributed by atoms with Gasteiger partial charge in [0.15, 0.2) is 0 Å². The Balaban J connectivity index is -0.00000307. The minimum Gasteiger partial charge on any atom is -0.466 e. The Morgan fingerprint density at radius 3 is 1.33 bits per heavy atom. The number of hydrogen-bond acceptors (Lipinski definition) is 6. The second-order valence-electron chi connectivity index (χ2n) is 15.2. The maximum absolute atomic E-state index is 12.3. The first-order valence-electron chi connectivity index (χ1n) is 23.3. The summed E-state index contributed by atoms with van der Waals surface area (Å²) in [5, 5.41) is 3.55.